The second-order valence-corrected chi connectivity index (χ2v) is 5.06. The van der Waals surface area contributed by atoms with Crippen molar-refractivity contribution >= 4 is 29.7 Å². The summed E-state index contributed by atoms with van der Waals surface area (Å²) >= 11 is 0. The summed E-state index contributed by atoms with van der Waals surface area (Å²) in [7, 11) is 1.57. The summed E-state index contributed by atoms with van der Waals surface area (Å²) in [6.07, 6.45) is 0.180. The number of rotatable bonds is 12. The highest BCUT2D eigenvalue weighted by Crippen LogP contribution is 1.98. The SMILES string of the molecule is CN[C@@H](CCCN=C(N)N)C(=O)NCC(=O)N[C@@H](CC(=O)O)C(=O)O. The van der Waals surface area contributed by atoms with E-state index in [0.717, 1.165) is 0 Å². The number of hydrogen-bond acceptors (Lipinski definition) is 6. The molecule has 0 bridgehead atoms. The number of likely N-dealkylation sites (N-methyl/N-ethyl adjacent to an activating group) is 1. The molecule has 0 aliphatic rings. The van der Waals surface area contributed by atoms with Gasteiger partial charge in [0.1, 0.15) is 6.04 Å². The lowest BCUT2D eigenvalue weighted by molar-refractivity contribution is -0.147. The highest BCUT2D eigenvalue weighted by Gasteiger charge is 2.23. The predicted molar refractivity (Wildman–Crippen MR) is 87.6 cm³/mol. The number of carboxylic acid groups (broad SMARTS) is 2. The van der Waals surface area contributed by atoms with Crippen molar-refractivity contribution < 1.29 is 29.4 Å². The van der Waals surface area contributed by atoms with Crippen LogP contribution in [0.1, 0.15) is 19.3 Å². The van der Waals surface area contributed by atoms with E-state index in [4.69, 9.17) is 21.7 Å². The van der Waals surface area contributed by atoms with Crippen molar-refractivity contribution in [1.82, 2.24) is 16.0 Å². The van der Waals surface area contributed by atoms with Gasteiger partial charge in [0.05, 0.1) is 19.0 Å². The Labute approximate surface area is 144 Å². The molecule has 0 rings (SSSR count). The molecule has 9 N–H and O–H groups in total. The van der Waals surface area contributed by atoms with Crippen LogP contribution in [0.4, 0.5) is 0 Å². The maximum absolute atomic E-state index is 12.0. The van der Waals surface area contributed by atoms with E-state index in [0.29, 0.717) is 19.4 Å². The van der Waals surface area contributed by atoms with Gasteiger partial charge < -0.3 is 37.6 Å². The zero-order valence-electron chi connectivity index (χ0n) is 13.8. The standard InChI is InChI=1S/C13H24N6O6/c1-16-7(3-2-4-17-13(14)15)11(23)18-6-9(20)19-8(12(24)25)5-10(21)22/h7-8,16H,2-6H2,1H3,(H,18,23)(H,19,20)(H,21,22)(H,24,25)(H4,14,15,17)/t7-,8-/m0/s1. The molecule has 0 saturated heterocycles. The van der Waals surface area contributed by atoms with Crippen LogP contribution in [0, 0.1) is 0 Å². The molecule has 0 unspecified atom stereocenters. The second kappa shape index (κ2) is 11.6. The Kier molecular flexibility index (Phi) is 10.3. The zero-order chi connectivity index (χ0) is 19.4. The van der Waals surface area contributed by atoms with Crippen LogP contribution in [0.3, 0.4) is 0 Å². The maximum Gasteiger partial charge on any atom is 0.326 e. The van der Waals surface area contributed by atoms with Gasteiger partial charge in [0.25, 0.3) is 0 Å². The van der Waals surface area contributed by atoms with Gasteiger partial charge in [-0.2, -0.15) is 0 Å². The summed E-state index contributed by atoms with van der Waals surface area (Å²) in [4.78, 5) is 48.8. The molecule has 0 aromatic carbocycles. The van der Waals surface area contributed by atoms with Crippen molar-refractivity contribution in [3.8, 4) is 0 Å². The number of carboxylic acids is 2. The third-order valence-corrected chi connectivity index (χ3v) is 3.05. The van der Waals surface area contributed by atoms with E-state index in [2.05, 4.69) is 15.6 Å². The van der Waals surface area contributed by atoms with Crippen LogP contribution < -0.4 is 27.4 Å². The summed E-state index contributed by atoms with van der Waals surface area (Å²) in [5.41, 5.74) is 10.4. The van der Waals surface area contributed by atoms with Gasteiger partial charge >= 0.3 is 11.9 Å². The van der Waals surface area contributed by atoms with Crippen LogP contribution in [-0.2, 0) is 19.2 Å². The number of nitrogens with two attached hydrogens (primary N) is 2. The van der Waals surface area contributed by atoms with Crippen molar-refractivity contribution in [1.29, 1.82) is 0 Å². The number of aliphatic imine (C=N–C) groups is 1. The van der Waals surface area contributed by atoms with Crippen LogP contribution >= 0.6 is 0 Å². The normalized spacial score (nSPS) is 12.5. The number of nitrogens with one attached hydrogen (secondary N) is 3. The predicted octanol–water partition coefficient (Wildman–Crippen LogP) is -3.21. The average Bonchev–Trinajstić information content (AvgIpc) is 2.51. The van der Waals surface area contributed by atoms with Gasteiger partial charge in [-0.05, 0) is 19.9 Å². The summed E-state index contributed by atoms with van der Waals surface area (Å²) in [5, 5.41) is 24.6. The molecule has 2 atom stereocenters. The molecule has 2 amide bonds. The van der Waals surface area contributed by atoms with Gasteiger partial charge in [-0.1, -0.05) is 0 Å². The van der Waals surface area contributed by atoms with Gasteiger partial charge in [0, 0.05) is 6.54 Å². The summed E-state index contributed by atoms with van der Waals surface area (Å²) in [6, 6.07) is -2.15. The van der Waals surface area contributed by atoms with Gasteiger partial charge in [-0.25, -0.2) is 4.79 Å². The smallest absolute Gasteiger partial charge is 0.326 e. The van der Waals surface area contributed by atoms with Crippen LogP contribution in [0.2, 0.25) is 0 Å². The number of carbonyl (C=O) groups excluding carboxylic acids is 2. The molecular weight excluding hydrogens is 336 g/mol. The Morgan fingerprint density at radius 1 is 1.12 bits per heavy atom. The molecule has 12 nitrogen and oxygen atoms in total. The Bertz CT molecular complexity index is 519. The number of hydrogen-bond donors (Lipinski definition) is 7. The van der Waals surface area contributed by atoms with Crippen LogP contribution in [-0.4, -0.2) is 72.1 Å². The summed E-state index contributed by atoms with van der Waals surface area (Å²) in [5.74, 6) is -4.16. The molecule has 0 aliphatic carbocycles. The van der Waals surface area contributed by atoms with E-state index >= 15 is 0 Å². The van der Waals surface area contributed by atoms with Crippen molar-refractivity contribution in [2.75, 3.05) is 20.1 Å². The Balaban J connectivity index is 4.35. The van der Waals surface area contributed by atoms with Crippen molar-refractivity contribution in [3.05, 3.63) is 0 Å². The molecule has 0 fully saturated rings. The maximum atomic E-state index is 12.0. The van der Waals surface area contributed by atoms with E-state index in [1.807, 2.05) is 5.32 Å². The molecular formula is C13H24N6O6. The molecule has 0 saturated carbocycles. The first-order valence-electron chi connectivity index (χ1n) is 7.41. The lowest BCUT2D eigenvalue weighted by atomic mass is 10.1. The Morgan fingerprint density at radius 2 is 1.76 bits per heavy atom. The van der Waals surface area contributed by atoms with Crippen molar-refractivity contribution in [3.63, 3.8) is 0 Å². The topological polar surface area (TPSA) is 209 Å². The summed E-state index contributed by atoms with van der Waals surface area (Å²) in [6.45, 7) is -0.127. The van der Waals surface area contributed by atoms with Crippen LogP contribution in [0.15, 0.2) is 4.99 Å². The number of amides is 2. The third-order valence-electron chi connectivity index (χ3n) is 3.05. The monoisotopic (exact) mass is 360 g/mol. The summed E-state index contributed by atoms with van der Waals surface area (Å²) < 4.78 is 0. The first-order valence-corrected chi connectivity index (χ1v) is 7.41. The van der Waals surface area contributed by atoms with E-state index in [9.17, 15) is 19.2 Å². The largest absolute Gasteiger partial charge is 0.481 e. The number of nitrogens with zero attached hydrogens (tertiary/aromatic N) is 1. The van der Waals surface area contributed by atoms with Gasteiger partial charge in [0.15, 0.2) is 5.96 Å². The van der Waals surface area contributed by atoms with E-state index < -0.39 is 48.8 Å². The molecule has 0 aromatic rings. The number of carbonyl (C=O) groups is 4. The van der Waals surface area contributed by atoms with Crippen molar-refractivity contribution in [2.45, 2.75) is 31.3 Å². The fourth-order valence-electron chi connectivity index (χ4n) is 1.82. The number of guanidine groups is 1. The highest BCUT2D eigenvalue weighted by atomic mass is 16.4. The average molecular weight is 360 g/mol. The lowest BCUT2D eigenvalue weighted by Gasteiger charge is -2.16. The Hall–Kier alpha value is -2.89. The fourth-order valence-corrected chi connectivity index (χ4v) is 1.82. The minimum absolute atomic E-state index is 0.0449. The molecule has 142 valence electrons. The zero-order valence-corrected chi connectivity index (χ0v) is 13.8. The Morgan fingerprint density at radius 3 is 2.24 bits per heavy atom. The molecule has 0 aliphatic heterocycles. The molecule has 0 heterocycles. The van der Waals surface area contributed by atoms with Crippen LogP contribution in [0.25, 0.3) is 0 Å². The van der Waals surface area contributed by atoms with Gasteiger partial charge in [-0.15, -0.1) is 0 Å². The highest BCUT2D eigenvalue weighted by molar-refractivity contribution is 5.90. The van der Waals surface area contributed by atoms with E-state index in [1.165, 1.54) is 0 Å². The van der Waals surface area contributed by atoms with E-state index in [-0.39, 0.29) is 5.96 Å². The number of aliphatic carboxylic acids is 2. The fraction of sp³-hybridized carbons (Fsp3) is 0.615. The quantitative estimate of drug-likeness (QED) is 0.106. The van der Waals surface area contributed by atoms with Crippen LogP contribution in [0.5, 0.6) is 0 Å². The third kappa shape index (κ3) is 10.5. The second-order valence-electron chi connectivity index (χ2n) is 5.06. The lowest BCUT2D eigenvalue weighted by Crippen LogP contribution is -2.49. The molecule has 25 heavy (non-hydrogen) atoms. The molecule has 0 radical (unpaired) electrons. The van der Waals surface area contributed by atoms with Gasteiger partial charge in [-0.3, -0.25) is 19.4 Å². The first-order chi connectivity index (χ1) is 11.7. The minimum Gasteiger partial charge on any atom is -0.481 e. The van der Waals surface area contributed by atoms with E-state index in [1.54, 1.807) is 7.05 Å². The van der Waals surface area contributed by atoms with Crippen molar-refractivity contribution in [2.24, 2.45) is 16.5 Å². The van der Waals surface area contributed by atoms with Gasteiger partial charge in [0.2, 0.25) is 11.8 Å². The molecule has 0 aromatic heterocycles. The molecule has 12 heteroatoms. The first kappa shape index (κ1) is 22.1. The minimum atomic E-state index is -1.57. The molecule has 0 spiro atoms.